The van der Waals surface area contributed by atoms with Gasteiger partial charge in [0.2, 0.25) is 0 Å². The van der Waals surface area contributed by atoms with Crippen molar-refractivity contribution in [2.45, 2.75) is 19.3 Å². The van der Waals surface area contributed by atoms with Crippen LogP contribution in [0.3, 0.4) is 0 Å². The highest BCUT2D eigenvalue weighted by Crippen LogP contribution is 2.31. The van der Waals surface area contributed by atoms with E-state index in [4.69, 9.17) is 10.00 Å². The standard InChI is InChI=1S/C16H12N2O3/c17-10-13-5-7-15(9-16(13)18(19)20)21-14-6-4-11-2-1-3-12(11)8-14/h4-9H,1-3H2. The summed E-state index contributed by atoms with van der Waals surface area (Å²) >= 11 is 0. The van der Waals surface area contributed by atoms with Crippen LogP contribution in [0.25, 0.3) is 0 Å². The highest BCUT2D eigenvalue weighted by atomic mass is 16.6. The molecule has 0 bridgehead atoms. The number of hydrogen-bond acceptors (Lipinski definition) is 4. The molecule has 2 aromatic carbocycles. The molecule has 0 unspecified atom stereocenters. The molecule has 0 heterocycles. The van der Waals surface area contributed by atoms with E-state index in [1.54, 1.807) is 12.1 Å². The number of nitro groups is 1. The Labute approximate surface area is 121 Å². The first-order valence-electron chi connectivity index (χ1n) is 6.65. The summed E-state index contributed by atoms with van der Waals surface area (Å²) in [7, 11) is 0. The van der Waals surface area contributed by atoms with E-state index in [1.807, 2.05) is 18.2 Å². The Morgan fingerprint density at radius 2 is 1.81 bits per heavy atom. The molecule has 0 amide bonds. The summed E-state index contributed by atoms with van der Waals surface area (Å²) in [6, 6.07) is 11.9. The van der Waals surface area contributed by atoms with Crippen LogP contribution < -0.4 is 4.74 Å². The Balaban J connectivity index is 1.90. The summed E-state index contributed by atoms with van der Waals surface area (Å²) in [4.78, 5) is 10.4. The Morgan fingerprint density at radius 3 is 2.57 bits per heavy atom. The lowest BCUT2D eigenvalue weighted by Crippen LogP contribution is -1.94. The van der Waals surface area contributed by atoms with Gasteiger partial charge in [-0.15, -0.1) is 0 Å². The van der Waals surface area contributed by atoms with Gasteiger partial charge >= 0.3 is 0 Å². The summed E-state index contributed by atoms with van der Waals surface area (Å²) < 4.78 is 5.68. The summed E-state index contributed by atoms with van der Waals surface area (Å²) in [5.41, 5.74) is 2.40. The second kappa shape index (κ2) is 5.25. The van der Waals surface area contributed by atoms with Crippen molar-refractivity contribution in [2.75, 3.05) is 0 Å². The molecule has 0 aromatic heterocycles. The molecular formula is C16H12N2O3. The fraction of sp³-hybridized carbons (Fsp3) is 0.188. The Morgan fingerprint density at radius 1 is 1.10 bits per heavy atom. The molecule has 0 saturated carbocycles. The molecule has 0 fully saturated rings. The number of hydrogen-bond donors (Lipinski definition) is 0. The SMILES string of the molecule is N#Cc1ccc(Oc2ccc3c(c2)CCC3)cc1[N+](=O)[O-]. The van der Waals surface area contributed by atoms with Gasteiger partial charge in [-0.25, -0.2) is 0 Å². The number of nitriles is 1. The van der Waals surface area contributed by atoms with E-state index in [0.29, 0.717) is 11.5 Å². The normalized spacial score (nSPS) is 12.5. The Bertz CT molecular complexity index is 763. The van der Waals surface area contributed by atoms with Gasteiger partial charge in [0.25, 0.3) is 5.69 Å². The fourth-order valence-corrected chi connectivity index (χ4v) is 2.57. The van der Waals surface area contributed by atoms with Gasteiger partial charge in [0.15, 0.2) is 0 Å². The van der Waals surface area contributed by atoms with Gasteiger partial charge in [-0.3, -0.25) is 10.1 Å². The van der Waals surface area contributed by atoms with E-state index in [-0.39, 0.29) is 11.3 Å². The predicted molar refractivity (Wildman–Crippen MR) is 76.4 cm³/mol. The van der Waals surface area contributed by atoms with Crippen LogP contribution in [-0.2, 0) is 12.8 Å². The maximum absolute atomic E-state index is 10.9. The third-order valence-electron chi connectivity index (χ3n) is 3.59. The molecule has 0 saturated heterocycles. The predicted octanol–water partition coefficient (Wildman–Crippen LogP) is 3.75. The van der Waals surface area contributed by atoms with Crippen LogP contribution in [0.15, 0.2) is 36.4 Å². The van der Waals surface area contributed by atoms with Crippen LogP contribution in [0.1, 0.15) is 23.1 Å². The number of fused-ring (bicyclic) bond motifs is 1. The Kier molecular flexibility index (Phi) is 3.28. The first-order valence-corrected chi connectivity index (χ1v) is 6.65. The maximum Gasteiger partial charge on any atom is 0.290 e. The van der Waals surface area contributed by atoms with Gasteiger partial charge in [0.05, 0.1) is 11.0 Å². The van der Waals surface area contributed by atoms with Crippen molar-refractivity contribution in [1.29, 1.82) is 5.26 Å². The van der Waals surface area contributed by atoms with Crippen molar-refractivity contribution in [3.8, 4) is 17.6 Å². The average Bonchev–Trinajstić information content (AvgIpc) is 2.94. The van der Waals surface area contributed by atoms with Crippen molar-refractivity contribution in [1.82, 2.24) is 0 Å². The molecule has 104 valence electrons. The Hall–Kier alpha value is -2.87. The van der Waals surface area contributed by atoms with E-state index in [2.05, 4.69) is 0 Å². The first kappa shape index (κ1) is 13.1. The van der Waals surface area contributed by atoms with Gasteiger partial charge in [0, 0.05) is 0 Å². The lowest BCUT2D eigenvalue weighted by molar-refractivity contribution is -0.385. The van der Waals surface area contributed by atoms with Crippen LogP contribution >= 0.6 is 0 Å². The van der Waals surface area contributed by atoms with Crippen molar-refractivity contribution in [3.63, 3.8) is 0 Å². The average molecular weight is 280 g/mol. The minimum absolute atomic E-state index is 0.0290. The van der Waals surface area contributed by atoms with Crippen LogP contribution in [0.2, 0.25) is 0 Å². The minimum atomic E-state index is -0.575. The van der Waals surface area contributed by atoms with E-state index in [0.717, 1.165) is 19.3 Å². The summed E-state index contributed by atoms with van der Waals surface area (Å²) in [6.07, 6.45) is 3.29. The fourth-order valence-electron chi connectivity index (χ4n) is 2.57. The smallest absolute Gasteiger partial charge is 0.290 e. The van der Waals surface area contributed by atoms with Gasteiger partial charge in [-0.1, -0.05) is 6.07 Å². The molecule has 2 aromatic rings. The molecule has 0 atom stereocenters. The quantitative estimate of drug-likeness (QED) is 0.633. The molecule has 5 nitrogen and oxygen atoms in total. The molecule has 0 spiro atoms. The van der Waals surface area contributed by atoms with Crippen LogP contribution in [0.4, 0.5) is 5.69 Å². The third-order valence-corrected chi connectivity index (χ3v) is 3.59. The molecule has 5 heteroatoms. The molecule has 21 heavy (non-hydrogen) atoms. The lowest BCUT2D eigenvalue weighted by atomic mass is 10.1. The summed E-state index contributed by atoms with van der Waals surface area (Å²) in [5, 5.41) is 19.8. The first-order chi connectivity index (χ1) is 10.2. The molecule has 3 rings (SSSR count). The summed E-state index contributed by atoms with van der Waals surface area (Å²) in [5.74, 6) is 1.02. The topological polar surface area (TPSA) is 76.2 Å². The van der Waals surface area contributed by atoms with Gasteiger partial charge in [-0.05, 0) is 54.7 Å². The number of ether oxygens (including phenoxy) is 1. The van der Waals surface area contributed by atoms with Gasteiger partial charge < -0.3 is 4.74 Å². The minimum Gasteiger partial charge on any atom is -0.457 e. The highest BCUT2D eigenvalue weighted by Gasteiger charge is 2.16. The number of aryl methyl sites for hydroxylation is 2. The lowest BCUT2D eigenvalue weighted by Gasteiger charge is -2.08. The van der Waals surface area contributed by atoms with Crippen molar-refractivity contribution in [3.05, 3.63) is 63.2 Å². The van der Waals surface area contributed by atoms with Crippen molar-refractivity contribution < 1.29 is 9.66 Å². The molecule has 0 N–H and O–H groups in total. The molecular weight excluding hydrogens is 268 g/mol. The van der Waals surface area contributed by atoms with Gasteiger partial charge in [-0.2, -0.15) is 5.26 Å². The van der Waals surface area contributed by atoms with Crippen LogP contribution in [0.5, 0.6) is 11.5 Å². The molecule has 0 aliphatic heterocycles. The largest absolute Gasteiger partial charge is 0.457 e. The second-order valence-electron chi connectivity index (χ2n) is 4.93. The van der Waals surface area contributed by atoms with Crippen molar-refractivity contribution >= 4 is 5.69 Å². The van der Waals surface area contributed by atoms with E-state index < -0.39 is 4.92 Å². The third kappa shape index (κ3) is 2.56. The molecule has 1 aliphatic rings. The van der Waals surface area contributed by atoms with E-state index >= 15 is 0 Å². The summed E-state index contributed by atoms with van der Waals surface area (Å²) in [6.45, 7) is 0. The number of nitro benzene ring substituents is 1. The van der Waals surface area contributed by atoms with E-state index in [9.17, 15) is 10.1 Å². The zero-order valence-electron chi connectivity index (χ0n) is 11.2. The monoisotopic (exact) mass is 280 g/mol. The maximum atomic E-state index is 10.9. The number of benzene rings is 2. The van der Waals surface area contributed by atoms with Gasteiger partial charge in [0.1, 0.15) is 23.1 Å². The van der Waals surface area contributed by atoms with E-state index in [1.165, 1.54) is 23.3 Å². The molecule has 0 radical (unpaired) electrons. The second-order valence-corrected chi connectivity index (χ2v) is 4.93. The highest BCUT2D eigenvalue weighted by molar-refractivity contribution is 5.53. The zero-order valence-corrected chi connectivity index (χ0v) is 11.2. The number of rotatable bonds is 3. The zero-order chi connectivity index (χ0) is 14.8. The van der Waals surface area contributed by atoms with Crippen molar-refractivity contribution in [2.24, 2.45) is 0 Å². The van der Waals surface area contributed by atoms with Crippen LogP contribution in [0, 0.1) is 21.4 Å². The number of nitrogens with zero attached hydrogens (tertiary/aromatic N) is 2. The van der Waals surface area contributed by atoms with Crippen LogP contribution in [-0.4, -0.2) is 4.92 Å². The molecule has 1 aliphatic carbocycles.